The summed E-state index contributed by atoms with van der Waals surface area (Å²) >= 11 is 22.5. The van der Waals surface area contributed by atoms with E-state index >= 15 is 0 Å². The monoisotopic (exact) mass is 490 g/mol. The lowest BCUT2D eigenvalue weighted by Gasteiger charge is -2.08. The summed E-state index contributed by atoms with van der Waals surface area (Å²) in [4.78, 5) is 16.5. The Balaban J connectivity index is 1.60. The SMILES string of the molecule is O=C(COc1cc(Cl)c(Cl)cc1Cl)Nc1nc(-c2ccc(Br)cc2)cs1. The van der Waals surface area contributed by atoms with Crippen LogP contribution in [0.1, 0.15) is 0 Å². The van der Waals surface area contributed by atoms with Gasteiger partial charge in [0.25, 0.3) is 5.91 Å². The van der Waals surface area contributed by atoms with E-state index in [0.29, 0.717) is 15.2 Å². The molecule has 0 aliphatic carbocycles. The van der Waals surface area contributed by atoms with E-state index < -0.39 is 0 Å². The quantitative estimate of drug-likeness (QED) is 0.411. The topological polar surface area (TPSA) is 51.2 Å². The zero-order valence-electron chi connectivity index (χ0n) is 12.9. The highest BCUT2D eigenvalue weighted by Gasteiger charge is 2.11. The van der Waals surface area contributed by atoms with Gasteiger partial charge in [0.2, 0.25) is 0 Å². The summed E-state index contributed by atoms with van der Waals surface area (Å²) in [5, 5.41) is 5.93. The van der Waals surface area contributed by atoms with Crippen molar-refractivity contribution in [2.45, 2.75) is 0 Å². The van der Waals surface area contributed by atoms with Gasteiger partial charge in [0.1, 0.15) is 5.75 Å². The molecule has 0 saturated heterocycles. The first kappa shape index (κ1) is 19.5. The van der Waals surface area contributed by atoms with Crippen LogP contribution in [0.4, 0.5) is 5.13 Å². The molecule has 0 aliphatic rings. The summed E-state index contributed by atoms with van der Waals surface area (Å²) in [6.45, 7) is -0.231. The van der Waals surface area contributed by atoms with E-state index in [-0.39, 0.29) is 23.3 Å². The van der Waals surface area contributed by atoms with Crippen LogP contribution in [0.15, 0.2) is 46.3 Å². The normalized spacial score (nSPS) is 10.6. The molecule has 134 valence electrons. The highest BCUT2D eigenvalue weighted by Crippen LogP contribution is 2.34. The molecule has 3 rings (SSSR count). The molecular weight excluding hydrogens is 483 g/mol. The Bertz CT molecular complexity index is 948. The maximum Gasteiger partial charge on any atom is 0.264 e. The molecule has 26 heavy (non-hydrogen) atoms. The number of amides is 1. The highest BCUT2D eigenvalue weighted by molar-refractivity contribution is 9.10. The zero-order chi connectivity index (χ0) is 18.7. The van der Waals surface area contributed by atoms with Crippen LogP contribution < -0.4 is 10.1 Å². The second kappa shape index (κ2) is 8.59. The molecule has 0 fully saturated rings. The Hall–Kier alpha value is -1.31. The Morgan fingerprint density at radius 2 is 1.81 bits per heavy atom. The van der Waals surface area contributed by atoms with Gasteiger partial charge in [0, 0.05) is 21.5 Å². The number of aromatic nitrogens is 1. The zero-order valence-corrected chi connectivity index (χ0v) is 17.6. The molecule has 0 unspecified atom stereocenters. The first-order valence-corrected chi connectivity index (χ1v) is 10.0. The highest BCUT2D eigenvalue weighted by atomic mass is 79.9. The second-order valence-corrected chi connectivity index (χ2v) is 8.07. The maximum atomic E-state index is 12.1. The lowest BCUT2D eigenvalue weighted by molar-refractivity contribution is -0.118. The van der Waals surface area contributed by atoms with Crippen molar-refractivity contribution in [3.63, 3.8) is 0 Å². The van der Waals surface area contributed by atoms with Gasteiger partial charge in [-0.1, -0.05) is 62.9 Å². The van der Waals surface area contributed by atoms with Crippen LogP contribution in [0.2, 0.25) is 15.1 Å². The van der Waals surface area contributed by atoms with Crippen LogP contribution >= 0.6 is 62.1 Å². The number of carbonyl (C=O) groups excluding carboxylic acids is 1. The van der Waals surface area contributed by atoms with E-state index in [1.54, 1.807) is 0 Å². The van der Waals surface area contributed by atoms with Crippen molar-refractivity contribution in [1.29, 1.82) is 0 Å². The maximum absolute atomic E-state index is 12.1. The molecule has 0 spiro atoms. The van der Waals surface area contributed by atoms with Gasteiger partial charge in [-0.3, -0.25) is 10.1 Å². The van der Waals surface area contributed by atoms with E-state index in [1.807, 2.05) is 29.6 Å². The average Bonchev–Trinajstić information content (AvgIpc) is 3.06. The van der Waals surface area contributed by atoms with Crippen LogP contribution in [0.5, 0.6) is 5.75 Å². The van der Waals surface area contributed by atoms with Gasteiger partial charge >= 0.3 is 0 Å². The number of rotatable bonds is 5. The molecule has 9 heteroatoms. The minimum atomic E-state index is -0.358. The van der Waals surface area contributed by atoms with E-state index in [0.717, 1.165) is 15.7 Å². The summed E-state index contributed by atoms with van der Waals surface area (Å²) in [5.74, 6) is -0.0743. The van der Waals surface area contributed by atoms with Crippen LogP contribution in [0.3, 0.4) is 0 Å². The fraction of sp³-hybridized carbons (Fsp3) is 0.0588. The number of thiazole rings is 1. The van der Waals surface area contributed by atoms with Gasteiger partial charge in [-0.15, -0.1) is 11.3 Å². The Morgan fingerprint density at radius 1 is 1.12 bits per heavy atom. The molecule has 1 amide bonds. The number of benzene rings is 2. The van der Waals surface area contributed by atoms with Gasteiger partial charge < -0.3 is 4.74 Å². The predicted octanol–water partition coefficient (Wildman–Crippen LogP) is 6.55. The van der Waals surface area contributed by atoms with Crippen molar-refractivity contribution in [3.8, 4) is 17.0 Å². The van der Waals surface area contributed by atoms with Gasteiger partial charge in [-0.05, 0) is 18.2 Å². The fourth-order valence-corrected chi connectivity index (χ4v) is 3.59. The van der Waals surface area contributed by atoms with Crippen LogP contribution in [0.25, 0.3) is 11.3 Å². The van der Waals surface area contributed by atoms with Crippen LogP contribution in [0, 0.1) is 0 Å². The van der Waals surface area contributed by atoms with Gasteiger partial charge in [0.05, 0.1) is 20.8 Å². The number of hydrogen-bond acceptors (Lipinski definition) is 4. The van der Waals surface area contributed by atoms with E-state index in [9.17, 15) is 4.79 Å². The third-order valence-corrected chi connectivity index (χ3v) is 5.53. The Labute approximate surface area is 177 Å². The summed E-state index contributed by atoms with van der Waals surface area (Å²) in [6, 6.07) is 10.7. The average molecular weight is 493 g/mol. The first-order chi connectivity index (χ1) is 12.4. The minimum Gasteiger partial charge on any atom is -0.482 e. The van der Waals surface area contributed by atoms with E-state index in [2.05, 4.69) is 26.2 Å². The molecule has 1 N–H and O–H groups in total. The molecule has 0 atom stereocenters. The van der Waals surface area contributed by atoms with E-state index in [4.69, 9.17) is 39.5 Å². The number of ether oxygens (including phenoxy) is 1. The molecule has 0 saturated carbocycles. The Morgan fingerprint density at radius 3 is 2.54 bits per heavy atom. The molecule has 4 nitrogen and oxygen atoms in total. The summed E-state index contributed by atoms with van der Waals surface area (Å²) < 4.78 is 6.38. The number of nitrogens with zero attached hydrogens (tertiary/aromatic N) is 1. The summed E-state index contributed by atoms with van der Waals surface area (Å²) in [7, 11) is 0. The van der Waals surface area contributed by atoms with Crippen molar-refractivity contribution < 1.29 is 9.53 Å². The van der Waals surface area contributed by atoms with Gasteiger partial charge in [0.15, 0.2) is 11.7 Å². The van der Waals surface area contributed by atoms with Crippen molar-refractivity contribution in [2.24, 2.45) is 0 Å². The van der Waals surface area contributed by atoms with Gasteiger partial charge in [-0.2, -0.15) is 0 Å². The second-order valence-electron chi connectivity index (χ2n) is 5.08. The Kier molecular flexibility index (Phi) is 6.42. The molecule has 0 bridgehead atoms. The van der Waals surface area contributed by atoms with E-state index in [1.165, 1.54) is 23.5 Å². The van der Waals surface area contributed by atoms with Gasteiger partial charge in [-0.25, -0.2) is 4.98 Å². The lowest BCUT2D eigenvalue weighted by atomic mass is 10.2. The summed E-state index contributed by atoms with van der Waals surface area (Å²) in [6.07, 6.45) is 0. The number of nitrogens with one attached hydrogen (secondary N) is 1. The molecule has 3 aromatic rings. The molecule has 0 radical (unpaired) electrons. The molecule has 0 aliphatic heterocycles. The largest absolute Gasteiger partial charge is 0.482 e. The first-order valence-electron chi connectivity index (χ1n) is 7.21. The molecule has 1 aromatic heterocycles. The number of anilines is 1. The van der Waals surface area contributed by atoms with Crippen molar-refractivity contribution in [2.75, 3.05) is 11.9 Å². The smallest absolute Gasteiger partial charge is 0.264 e. The fourth-order valence-electron chi connectivity index (χ4n) is 2.00. The third kappa shape index (κ3) is 4.90. The minimum absolute atomic E-state index is 0.231. The van der Waals surface area contributed by atoms with Crippen molar-refractivity contribution >= 4 is 73.1 Å². The van der Waals surface area contributed by atoms with Crippen LogP contribution in [-0.4, -0.2) is 17.5 Å². The standard InChI is InChI=1S/C17H10BrCl3N2O2S/c18-10-3-1-9(2-4-10)14-8-26-17(22-14)23-16(24)7-25-15-6-12(20)11(19)5-13(15)21/h1-6,8H,7H2,(H,22,23,24). The lowest BCUT2D eigenvalue weighted by Crippen LogP contribution is -2.20. The summed E-state index contributed by atoms with van der Waals surface area (Å²) in [5.41, 5.74) is 1.75. The third-order valence-electron chi connectivity index (χ3n) is 3.22. The predicted molar refractivity (Wildman–Crippen MR) is 111 cm³/mol. The molecule has 1 heterocycles. The van der Waals surface area contributed by atoms with Crippen molar-refractivity contribution in [1.82, 2.24) is 4.98 Å². The molecule has 2 aromatic carbocycles. The molecular formula is C17H10BrCl3N2O2S. The number of carbonyl (C=O) groups is 1. The van der Waals surface area contributed by atoms with Crippen LogP contribution in [-0.2, 0) is 4.79 Å². The van der Waals surface area contributed by atoms with Crippen molar-refractivity contribution in [3.05, 3.63) is 61.3 Å². The number of hydrogen-bond donors (Lipinski definition) is 1. The number of halogens is 4.